The Morgan fingerprint density at radius 3 is 2.37 bits per heavy atom. The van der Waals surface area contributed by atoms with Gasteiger partial charge in [-0.2, -0.15) is 5.10 Å². The van der Waals surface area contributed by atoms with Gasteiger partial charge in [-0.15, -0.1) is 0 Å². The first kappa shape index (κ1) is 17.9. The van der Waals surface area contributed by atoms with E-state index < -0.39 is 16.0 Å². The molecule has 1 unspecified atom stereocenters. The molecule has 140 valence electrons. The van der Waals surface area contributed by atoms with Gasteiger partial charge in [-0.25, -0.2) is 21.9 Å². The molecule has 4 rings (SSSR count). The Labute approximate surface area is 156 Å². The van der Waals surface area contributed by atoms with Gasteiger partial charge in [0.25, 0.3) is 0 Å². The quantitative estimate of drug-likeness (QED) is 0.684. The van der Waals surface area contributed by atoms with Crippen LogP contribution in [-0.2, 0) is 22.7 Å². The van der Waals surface area contributed by atoms with Crippen LogP contribution in [0.25, 0.3) is 16.9 Å². The minimum absolute atomic E-state index is 0.218. The SMILES string of the molecule is CS(=O)(=O)c1ccc(-n2nc3c(c2-c2ccc(F)cc2)CC(F)CC3)cc1. The number of aryl methyl sites for hydroxylation is 1. The lowest BCUT2D eigenvalue weighted by Gasteiger charge is -2.16. The van der Waals surface area contributed by atoms with Gasteiger partial charge < -0.3 is 0 Å². The van der Waals surface area contributed by atoms with E-state index in [0.717, 1.165) is 28.8 Å². The average molecular weight is 388 g/mol. The average Bonchev–Trinajstić information content (AvgIpc) is 3.00. The fraction of sp³-hybridized carbons (Fsp3) is 0.250. The van der Waals surface area contributed by atoms with Crippen LogP contribution in [0.2, 0.25) is 0 Å². The maximum Gasteiger partial charge on any atom is 0.175 e. The van der Waals surface area contributed by atoms with Crippen molar-refractivity contribution in [2.75, 3.05) is 6.26 Å². The molecule has 0 fully saturated rings. The molecule has 1 aliphatic carbocycles. The van der Waals surface area contributed by atoms with Crippen molar-refractivity contribution in [2.45, 2.75) is 30.3 Å². The minimum atomic E-state index is -3.30. The zero-order valence-corrected chi connectivity index (χ0v) is 15.5. The highest BCUT2D eigenvalue weighted by Gasteiger charge is 2.27. The number of sulfone groups is 1. The zero-order valence-electron chi connectivity index (χ0n) is 14.7. The van der Waals surface area contributed by atoms with E-state index in [-0.39, 0.29) is 17.1 Å². The van der Waals surface area contributed by atoms with Crippen molar-refractivity contribution in [1.29, 1.82) is 0 Å². The summed E-state index contributed by atoms with van der Waals surface area (Å²) < 4.78 is 52.5. The Balaban J connectivity index is 1.89. The number of alkyl halides is 1. The highest BCUT2D eigenvalue weighted by Crippen LogP contribution is 2.34. The topological polar surface area (TPSA) is 52.0 Å². The number of rotatable bonds is 3. The molecule has 0 bridgehead atoms. The van der Waals surface area contributed by atoms with Crippen molar-refractivity contribution in [1.82, 2.24) is 9.78 Å². The van der Waals surface area contributed by atoms with E-state index in [1.54, 1.807) is 28.9 Å². The summed E-state index contributed by atoms with van der Waals surface area (Å²) in [7, 11) is -3.30. The molecule has 0 N–H and O–H groups in total. The van der Waals surface area contributed by atoms with Gasteiger partial charge in [-0.3, -0.25) is 0 Å². The molecule has 0 saturated heterocycles. The summed E-state index contributed by atoms with van der Waals surface area (Å²) in [6.07, 6.45) is 1.46. The molecule has 0 saturated carbocycles. The number of hydrogen-bond acceptors (Lipinski definition) is 3. The summed E-state index contributed by atoms with van der Waals surface area (Å²) in [6, 6.07) is 12.4. The number of fused-ring (bicyclic) bond motifs is 1. The normalized spacial score (nSPS) is 16.9. The van der Waals surface area contributed by atoms with Crippen LogP contribution in [-0.4, -0.2) is 30.6 Å². The van der Waals surface area contributed by atoms with Gasteiger partial charge in [-0.05, 0) is 61.4 Å². The van der Waals surface area contributed by atoms with Gasteiger partial charge in [0.2, 0.25) is 0 Å². The molecule has 4 nitrogen and oxygen atoms in total. The van der Waals surface area contributed by atoms with Gasteiger partial charge >= 0.3 is 0 Å². The molecule has 1 aliphatic rings. The zero-order chi connectivity index (χ0) is 19.2. The van der Waals surface area contributed by atoms with Crippen molar-refractivity contribution < 1.29 is 17.2 Å². The molecule has 1 atom stereocenters. The van der Waals surface area contributed by atoms with Crippen LogP contribution in [0.5, 0.6) is 0 Å². The third-order valence-corrected chi connectivity index (χ3v) is 5.94. The predicted molar refractivity (Wildman–Crippen MR) is 99.0 cm³/mol. The van der Waals surface area contributed by atoms with Crippen molar-refractivity contribution in [3.8, 4) is 16.9 Å². The van der Waals surface area contributed by atoms with Crippen LogP contribution in [0.15, 0.2) is 53.4 Å². The molecule has 1 aromatic heterocycles. The Morgan fingerprint density at radius 1 is 1.07 bits per heavy atom. The Hall–Kier alpha value is -2.54. The number of halogens is 2. The smallest absolute Gasteiger partial charge is 0.175 e. The molecule has 27 heavy (non-hydrogen) atoms. The molecule has 0 spiro atoms. The Kier molecular flexibility index (Phi) is 4.34. The molecular formula is C20H18F2N2O2S. The van der Waals surface area contributed by atoms with Gasteiger partial charge in [-0.1, -0.05) is 0 Å². The fourth-order valence-electron chi connectivity index (χ4n) is 3.45. The van der Waals surface area contributed by atoms with E-state index in [1.165, 1.54) is 24.3 Å². The maximum atomic E-state index is 14.1. The van der Waals surface area contributed by atoms with Crippen molar-refractivity contribution in [3.05, 3.63) is 65.6 Å². The van der Waals surface area contributed by atoms with Crippen LogP contribution in [0.3, 0.4) is 0 Å². The van der Waals surface area contributed by atoms with E-state index in [4.69, 9.17) is 0 Å². The summed E-state index contributed by atoms with van der Waals surface area (Å²) in [6.45, 7) is 0. The molecule has 3 aromatic rings. The Morgan fingerprint density at radius 2 is 1.74 bits per heavy atom. The van der Waals surface area contributed by atoms with Gasteiger partial charge in [0.15, 0.2) is 9.84 Å². The number of aromatic nitrogens is 2. The molecule has 2 aromatic carbocycles. The highest BCUT2D eigenvalue weighted by atomic mass is 32.2. The van der Waals surface area contributed by atoms with Crippen molar-refractivity contribution in [2.24, 2.45) is 0 Å². The lowest BCUT2D eigenvalue weighted by atomic mass is 9.92. The lowest BCUT2D eigenvalue weighted by molar-refractivity contribution is 0.301. The van der Waals surface area contributed by atoms with Crippen LogP contribution in [0.1, 0.15) is 17.7 Å². The Bertz CT molecular complexity index is 1090. The van der Waals surface area contributed by atoms with Crippen LogP contribution in [0.4, 0.5) is 8.78 Å². The minimum Gasteiger partial charge on any atom is -0.247 e. The first-order valence-electron chi connectivity index (χ1n) is 8.64. The maximum absolute atomic E-state index is 14.1. The van der Waals surface area contributed by atoms with E-state index in [0.29, 0.717) is 18.5 Å². The van der Waals surface area contributed by atoms with Crippen LogP contribution >= 0.6 is 0 Å². The number of nitrogens with zero attached hydrogens (tertiary/aromatic N) is 2. The first-order chi connectivity index (χ1) is 12.8. The standard InChI is InChI=1S/C20H18F2N2O2S/c1-27(25,26)17-9-7-16(8-10-17)24-20(13-2-4-14(21)5-3-13)18-12-15(22)6-11-19(18)23-24/h2-5,7-10,15H,6,11-12H2,1H3. The number of benzene rings is 2. The van der Waals surface area contributed by atoms with E-state index in [2.05, 4.69) is 5.10 Å². The van der Waals surface area contributed by atoms with E-state index in [1.807, 2.05) is 0 Å². The van der Waals surface area contributed by atoms with Gasteiger partial charge in [0, 0.05) is 23.8 Å². The monoisotopic (exact) mass is 388 g/mol. The molecule has 0 aliphatic heterocycles. The third kappa shape index (κ3) is 3.39. The molecule has 1 heterocycles. The largest absolute Gasteiger partial charge is 0.247 e. The fourth-order valence-corrected chi connectivity index (χ4v) is 4.08. The molecule has 0 radical (unpaired) electrons. The lowest BCUT2D eigenvalue weighted by Crippen LogP contribution is -2.14. The third-order valence-electron chi connectivity index (χ3n) is 4.81. The summed E-state index contributed by atoms with van der Waals surface area (Å²) in [5.74, 6) is -0.348. The van der Waals surface area contributed by atoms with Crippen molar-refractivity contribution >= 4 is 9.84 Å². The predicted octanol–water partition coefficient (Wildman–Crippen LogP) is 3.91. The molecule has 7 heteroatoms. The second-order valence-electron chi connectivity index (χ2n) is 6.80. The molecular weight excluding hydrogens is 370 g/mol. The van der Waals surface area contributed by atoms with Crippen molar-refractivity contribution in [3.63, 3.8) is 0 Å². The van der Waals surface area contributed by atoms with Gasteiger partial charge in [0.1, 0.15) is 12.0 Å². The second-order valence-corrected chi connectivity index (χ2v) is 8.81. The van der Waals surface area contributed by atoms with Crippen LogP contribution < -0.4 is 0 Å². The highest BCUT2D eigenvalue weighted by molar-refractivity contribution is 7.90. The number of hydrogen-bond donors (Lipinski definition) is 0. The first-order valence-corrected chi connectivity index (χ1v) is 10.5. The summed E-state index contributed by atoms with van der Waals surface area (Å²) in [5.41, 5.74) is 3.79. The summed E-state index contributed by atoms with van der Waals surface area (Å²) in [5, 5.41) is 4.65. The summed E-state index contributed by atoms with van der Waals surface area (Å²) in [4.78, 5) is 0.218. The molecule has 0 amide bonds. The second kappa shape index (κ2) is 6.56. The van der Waals surface area contributed by atoms with Gasteiger partial charge in [0.05, 0.1) is 22.0 Å². The summed E-state index contributed by atoms with van der Waals surface area (Å²) >= 11 is 0. The van der Waals surface area contributed by atoms with E-state index >= 15 is 0 Å². The van der Waals surface area contributed by atoms with Crippen LogP contribution in [0, 0.1) is 5.82 Å². The van der Waals surface area contributed by atoms with E-state index in [9.17, 15) is 17.2 Å².